The second-order valence-electron chi connectivity index (χ2n) is 4.72. The molecule has 0 spiro atoms. The molecule has 1 aromatic carbocycles. The average molecular weight is 311 g/mol. The van der Waals surface area contributed by atoms with Crippen LogP contribution in [0.3, 0.4) is 0 Å². The Morgan fingerprint density at radius 3 is 2.83 bits per heavy atom. The Kier molecular flexibility index (Phi) is 6.03. The van der Waals surface area contributed by atoms with Gasteiger partial charge in [0.2, 0.25) is 5.95 Å². The van der Waals surface area contributed by atoms with Crippen LogP contribution in [0, 0.1) is 11.3 Å². The number of methoxy groups -OCH3 is 1. The minimum absolute atomic E-state index is 0.328. The van der Waals surface area contributed by atoms with Gasteiger partial charge in [-0.25, -0.2) is 9.97 Å². The number of aromatic nitrogens is 2. The average Bonchev–Trinajstić information content (AvgIpc) is 2.59. The van der Waals surface area contributed by atoms with E-state index in [9.17, 15) is 4.79 Å². The van der Waals surface area contributed by atoms with Crippen LogP contribution in [0.15, 0.2) is 36.7 Å². The first-order valence-electron chi connectivity index (χ1n) is 7.09. The van der Waals surface area contributed by atoms with Crippen LogP contribution in [0.4, 0.5) is 11.6 Å². The number of amides is 1. The van der Waals surface area contributed by atoms with Crippen LogP contribution < -0.4 is 10.6 Å². The summed E-state index contributed by atoms with van der Waals surface area (Å²) in [5, 5.41) is 14.6. The molecule has 0 fully saturated rings. The lowest BCUT2D eigenvalue weighted by atomic mass is 10.2. The molecule has 0 radical (unpaired) electrons. The van der Waals surface area contributed by atoms with E-state index in [4.69, 9.17) is 10.00 Å². The molecule has 0 aliphatic carbocycles. The fraction of sp³-hybridized carbons (Fsp3) is 0.250. The van der Waals surface area contributed by atoms with Gasteiger partial charge in [0.15, 0.2) is 0 Å². The zero-order valence-corrected chi connectivity index (χ0v) is 12.7. The molecule has 7 nitrogen and oxygen atoms in total. The smallest absolute Gasteiger partial charge is 0.258 e. The second-order valence-corrected chi connectivity index (χ2v) is 4.72. The quantitative estimate of drug-likeness (QED) is 0.759. The predicted molar refractivity (Wildman–Crippen MR) is 86.1 cm³/mol. The lowest BCUT2D eigenvalue weighted by Crippen LogP contribution is -2.14. The molecule has 0 saturated heterocycles. The summed E-state index contributed by atoms with van der Waals surface area (Å²) in [6.07, 6.45) is 3.75. The van der Waals surface area contributed by atoms with Crippen molar-refractivity contribution < 1.29 is 9.53 Å². The van der Waals surface area contributed by atoms with Gasteiger partial charge in [0.1, 0.15) is 0 Å². The van der Waals surface area contributed by atoms with Crippen LogP contribution in [0.5, 0.6) is 0 Å². The van der Waals surface area contributed by atoms with E-state index >= 15 is 0 Å². The number of anilines is 2. The van der Waals surface area contributed by atoms with Crippen molar-refractivity contribution in [2.24, 2.45) is 0 Å². The Balaban J connectivity index is 1.93. The summed E-state index contributed by atoms with van der Waals surface area (Å²) >= 11 is 0. The maximum atomic E-state index is 12.1. The molecule has 1 heterocycles. The first-order chi connectivity index (χ1) is 11.2. The van der Waals surface area contributed by atoms with Crippen LogP contribution >= 0.6 is 0 Å². The van der Waals surface area contributed by atoms with E-state index in [2.05, 4.69) is 20.6 Å². The maximum absolute atomic E-state index is 12.1. The number of nitriles is 1. The van der Waals surface area contributed by atoms with E-state index in [1.165, 1.54) is 12.4 Å². The molecule has 0 atom stereocenters. The van der Waals surface area contributed by atoms with E-state index in [1.54, 1.807) is 31.4 Å². The summed E-state index contributed by atoms with van der Waals surface area (Å²) < 4.78 is 4.95. The molecule has 2 rings (SSSR count). The van der Waals surface area contributed by atoms with Crippen molar-refractivity contribution in [3.05, 3.63) is 47.8 Å². The summed E-state index contributed by atoms with van der Waals surface area (Å²) in [5.74, 6) is 0.134. The normalized spacial score (nSPS) is 9.91. The molecule has 1 amide bonds. The zero-order valence-electron chi connectivity index (χ0n) is 12.7. The van der Waals surface area contributed by atoms with Crippen molar-refractivity contribution >= 4 is 17.5 Å². The predicted octanol–water partition coefficient (Wildman–Crippen LogP) is 2.05. The SMILES string of the molecule is COCCCNc1ncc(C(=O)Nc2cccc(C#N)c2)cn1. The topological polar surface area (TPSA) is 99.9 Å². The van der Waals surface area contributed by atoms with Gasteiger partial charge in [-0.3, -0.25) is 4.79 Å². The van der Waals surface area contributed by atoms with Crippen LogP contribution in [-0.2, 0) is 4.74 Å². The molecular formula is C16H17N5O2. The van der Waals surface area contributed by atoms with Crippen LogP contribution in [0.25, 0.3) is 0 Å². The van der Waals surface area contributed by atoms with Crippen LogP contribution in [-0.4, -0.2) is 36.1 Å². The van der Waals surface area contributed by atoms with E-state index < -0.39 is 0 Å². The van der Waals surface area contributed by atoms with Crippen molar-refractivity contribution in [3.63, 3.8) is 0 Å². The molecule has 7 heteroatoms. The fourth-order valence-corrected chi connectivity index (χ4v) is 1.82. The van der Waals surface area contributed by atoms with Gasteiger partial charge in [-0.1, -0.05) is 6.07 Å². The molecular weight excluding hydrogens is 294 g/mol. The molecule has 2 aromatic rings. The summed E-state index contributed by atoms with van der Waals surface area (Å²) in [4.78, 5) is 20.3. The first-order valence-corrected chi connectivity index (χ1v) is 7.09. The number of hydrogen-bond acceptors (Lipinski definition) is 6. The Bertz CT molecular complexity index is 694. The summed E-state index contributed by atoms with van der Waals surface area (Å²) in [5.41, 5.74) is 1.38. The summed E-state index contributed by atoms with van der Waals surface area (Å²) in [6, 6.07) is 8.71. The highest BCUT2D eigenvalue weighted by atomic mass is 16.5. The van der Waals surface area contributed by atoms with Crippen LogP contribution in [0.1, 0.15) is 22.3 Å². The maximum Gasteiger partial charge on any atom is 0.258 e. The van der Waals surface area contributed by atoms with Gasteiger partial charge in [0.05, 0.1) is 17.2 Å². The molecule has 0 saturated carbocycles. The molecule has 2 N–H and O–H groups in total. The van der Waals surface area contributed by atoms with Gasteiger partial charge in [-0.05, 0) is 24.6 Å². The molecule has 0 aliphatic rings. The Morgan fingerprint density at radius 1 is 1.35 bits per heavy atom. The summed E-state index contributed by atoms with van der Waals surface area (Å²) in [6.45, 7) is 1.36. The van der Waals surface area contributed by atoms with Crippen molar-refractivity contribution in [3.8, 4) is 6.07 Å². The van der Waals surface area contributed by atoms with E-state index in [1.807, 2.05) is 6.07 Å². The van der Waals surface area contributed by atoms with Crippen molar-refractivity contribution in [1.82, 2.24) is 9.97 Å². The van der Waals surface area contributed by atoms with Crippen LogP contribution in [0.2, 0.25) is 0 Å². The number of hydrogen-bond donors (Lipinski definition) is 2. The number of rotatable bonds is 7. The lowest BCUT2D eigenvalue weighted by molar-refractivity contribution is 0.102. The molecule has 1 aromatic heterocycles. The molecule has 0 bridgehead atoms. The third-order valence-electron chi connectivity index (χ3n) is 2.97. The second kappa shape index (κ2) is 8.46. The van der Waals surface area contributed by atoms with Crippen molar-refractivity contribution in [2.45, 2.75) is 6.42 Å². The third-order valence-corrected chi connectivity index (χ3v) is 2.97. The van der Waals surface area contributed by atoms with E-state index in [0.29, 0.717) is 35.9 Å². The number of nitrogens with zero attached hydrogens (tertiary/aromatic N) is 3. The van der Waals surface area contributed by atoms with Gasteiger partial charge < -0.3 is 15.4 Å². The number of ether oxygens (including phenoxy) is 1. The Labute approximate surface area is 134 Å². The van der Waals surface area contributed by atoms with E-state index in [-0.39, 0.29) is 5.91 Å². The van der Waals surface area contributed by atoms with E-state index in [0.717, 1.165) is 6.42 Å². The third kappa shape index (κ3) is 5.05. The largest absolute Gasteiger partial charge is 0.385 e. The van der Waals surface area contributed by atoms with Gasteiger partial charge in [0.25, 0.3) is 5.91 Å². The standard InChI is InChI=1S/C16H17N5O2/c1-23-7-3-6-18-16-19-10-13(11-20-16)15(22)21-14-5-2-4-12(8-14)9-17/h2,4-5,8,10-11H,3,6-7H2,1H3,(H,21,22)(H,18,19,20). The highest BCUT2D eigenvalue weighted by Crippen LogP contribution is 2.11. The molecule has 118 valence electrons. The minimum atomic E-state index is -0.328. The van der Waals surface area contributed by atoms with Gasteiger partial charge in [-0.2, -0.15) is 5.26 Å². The van der Waals surface area contributed by atoms with Crippen molar-refractivity contribution in [2.75, 3.05) is 30.9 Å². The zero-order chi connectivity index (χ0) is 16.5. The fourth-order valence-electron chi connectivity index (χ4n) is 1.82. The number of benzene rings is 1. The Morgan fingerprint density at radius 2 is 2.13 bits per heavy atom. The van der Waals surface area contributed by atoms with Gasteiger partial charge in [0, 0.05) is 38.3 Å². The molecule has 0 unspecified atom stereocenters. The number of carbonyl (C=O) groups is 1. The molecule has 0 aliphatic heterocycles. The Hall–Kier alpha value is -2.98. The molecule has 23 heavy (non-hydrogen) atoms. The van der Waals surface area contributed by atoms with Gasteiger partial charge >= 0.3 is 0 Å². The highest BCUT2D eigenvalue weighted by Gasteiger charge is 2.08. The highest BCUT2D eigenvalue weighted by molar-refractivity contribution is 6.03. The number of carbonyl (C=O) groups excluding carboxylic acids is 1. The lowest BCUT2D eigenvalue weighted by Gasteiger charge is -2.07. The summed E-state index contributed by atoms with van der Waals surface area (Å²) in [7, 11) is 1.65. The monoisotopic (exact) mass is 311 g/mol. The number of nitrogens with one attached hydrogen (secondary N) is 2. The first kappa shape index (κ1) is 16.4. The minimum Gasteiger partial charge on any atom is -0.385 e. The van der Waals surface area contributed by atoms with Crippen molar-refractivity contribution in [1.29, 1.82) is 5.26 Å². The van der Waals surface area contributed by atoms with Gasteiger partial charge in [-0.15, -0.1) is 0 Å².